The van der Waals surface area contributed by atoms with Crippen LogP contribution in [0.2, 0.25) is 0 Å². The predicted molar refractivity (Wildman–Crippen MR) is 76.1 cm³/mol. The van der Waals surface area contributed by atoms with Crippen LogP contribution in [0.15, 0.2) is 53.0 Å². The second kappa shape index (κ2) is 6.54. The largest absolute Gasteiger partial charge is 0.478 e. The molecule has 102 valence electrons. The van der Waals surface area contributed by atoms with E-state index in [-0.39, 0.29) is 12.2 Å². The molecule has 4 heteroatoms. The van der Waals surface area contributed by atoms with Gasteiger partial charge in [-0.15, -0.1) is 0 Å². The zero-order valence-corrected chi connectivity index (χ0v) is 10.7. The first-order chi connectivity index (χ1) is 9.69. The van der Waals surface area contributed by atoms with Gasteiger partial charge in [0.2, 0.25) is 0 Å². The number of aliphatic hydroxyl groups is 1. The van der Waals surface area contributed by atoms with E-state index >= 15 is 0 Å². The summed E-state index contributed by atoms with van der Waals surface area (Å²) in [5.74, 6) is 0.260. The number of hydrogen-bond donors (Lipinski definition) is 2. The molecule has 1 heterocycles. The van der Waals surface area contributed by atoms with Crippen molar-refractivity contribution >= 4 is 18.1 Å². The highest BCUT2D eigenvalue weighted by Gasteiger charge is 1.99. The normalized spacial score (nSPS) is 11.4. The highest BCUT2D eigenvalue weighted by Crippen LogP contribution is 2.10. The SMILES string of the molecule is O=C(O)c1ccc(/C=C/C=C/c2ccc(CO)o2)cc1. The summed E-state index contributed by atoms with van der Waals surface area (Å²) < 4.78 is 5.29. The van der Waals surface area contributed by atoms with E-state index in [2.05, 4.69) is 0 Å². The smallest absolute Gasteiger partial charge is 0.335 e. The van der Waals surface area contributed by atoms with Crippen LogP contribution in [0.3, 0.4) is 0 Å². The van der Waals surface area contributed by atoms with Crippen molar-refractivity contribution < 1.29 is 19.4 Å². The first kappa shape index (κ1) is 13.8. The molecule has 0 radical (unpaired) electrons. The van der Waals surface area contributed by atoms with Crippen LogP contribution in [0.1, 0.15) is 27.4 Å². The molecule has 0 aliphatic heterocycles. The Morgan fingerprint density at radius 1 is 1.05 bits per heavy atom. The monoisotopic (exact) mass is 270 g/mol. The highest BCUT2D eigenvalue weighted by atomic mass is 16.4. The van der Waals surface area contributed by atoms with E-state index in [1.165, 1.54) is 0 Å². The third-order valence-corrected chi connectivity index (χ3v) is 2.66. The van der Waals surface area contributed by atoms with Gasteiger partial charge in [-0.1, -0.05) is 30.4 Å². The molecule has 1 aromatic heterocycles. The maximum absolute atomic E-state index is 10.7. The molecule has 0 saturated carbocycles. The Morgan fingerprint density at radius 3 is 2.35 bits per heavy atom. The van der Waals surface area contributed by atoms with E-state index < -0.39 is 5.97 Å². The minimum atomic E-state index is -0.932. The van der Waals surface area contributed by atoms with Gasteiger partial charge in [0.1, 0.15) is 18.1 Å². The zero-order chi connectivity index (χ0) is 14.4. The highest BCUT2D eigenvalue weighted by molar-refractivity contribution is 5.87. The maximum Gasteiger partial charge on any atom is 0.335 e. The van der Waals surface area contributed by atoms with Gasteiger partial charge in [0.15, 0.2) is 0 Å². The van der Waals surface area contributed by atoms with Crippen LogP contribution in [-0.2, 0) is 6.61 Å². The summed E-state index contributed by atoms with van der Waals surface area (Å²) in [6.07, 6.45) is 7.28. The van der Waals surface area contributed by atoms with Crippen molar-refractivity contribution in [2.75, 3.05) is 0 Å². The van der Waals surface area contributed by atoms with Gasteiger partial charge in [0, 0.05) is 0 Å². The molecule has 2 N–H and O–H groups in total. The quantitative estimate of drug-likeness (QED) is 0.818. The molecule has 0 spiro atoms. The van der Waals surface area contributed by atoms with Crippen molar-refractivity contribution in [1.29, 1.82) is 0 Å². The van der Waals surface area contributed by atoms with Crippen molar-refractivity contribution in [2.24, 2.45) is 0 Å². The Morgan fingerprint density at radius 2 is 1.75 bits per heavy atom. The summed E-state index contributed by atoms with van der Waals surface area (Å²) in [7, 11) is 0. The van der Waals surface area contributed by atoms with Gasteiger partial charge in [-0.05, 0) is 35.9 Å². The number of carboxylic acids is 1. The van der Waals surface area contributed by atoms with Crippen molar-refractivity contribution in [3.8, 4) is 0 Å². The van der Waals surface area contributed by atoms with Gasteiger partial charge in [-0.3, -0.25) is 0 Å². The fourth-order valence-electron chi connectivity index (χ4n) is 1.62. The predicted octanol–water partition coefficient (Wildman–Crippen LogP) is 3.20. The molecular weight excluding hydrogens is 256 g/mol. The van der Waals surface area contributed by atoms with Crippen molar-refractivity contribution in [3.63, 3.8) is 0 Å². The van der Waals surface area contributed by atoms with E-state index in [9.17, 15) is 4.79 Å². The lowest BCUT2D eigenvalue weighted by atomic mass is 10.1. The Bertz CT molecular complexity index is 633. The molecule has 1 aromatic carbocycles. The number of benzene rings is 1. The van der Waals surface area contributed by atoms with Crippen LogP contribution in [0, 0.1) is 0 Å². The number of aliphatic hydroxyl groups excluding tert-OH is 1. The van der Waals surface area contributed by atoms with Crippen LogP contribution in [-0.4, -0.2) is 16.2 Å². The van der Waals surface area contributed by atoms with Crippen LogP contribution in [0.5, 0.6) is 0 Å². The Kier molecular flexibility index (Phi) is 4.52. The third kappa shape index (κ3) is 3.70. The fraction of sp³-hybridized carbons (Fsp3) is 0.0625. The lowest BCUT2D eigenvalue weighted by Crippen LogP contribution is -1.94. The molecule has 2 aromatic rings. The standard InChI is InChI=1S/C16H14O4/c17-11-15-10-9-14(20-15)4-2-1-3-12-5-7-13(8-6-12)16(18)19/h1-10,17H,11H2,(H,18,19)/b3-1+,4-2+. The van der Waals surface area contributed by atoms with Crippen LogP contribution in [0.25, 0.3) is 12.2 Å². The Hall–Kier alpha value is -2.59. The molecule has 2 rings (SSSR count). The first-order valence-electron chi connectivity index (χ1n) is 6.07. The molecule has 0 bridgehead atoms. The number of furan rings is 1. The number of allylic oxidation sites excluding steroid dienone is 2. The number of rotatable bonds is 5. The lowest BCUT2D eigenvalue weighted by molar-refractivity contribution is 0.0697. The van der Waals surface area contributed by atoms with Gasteiger partial charge >= 0.3 is 5.97 Å². The molecule has 20 heavy (non-hydrogen) atoms. The summed E-state index contributed by atoms with van der Waals surface area (Å²) in [5.41, 5.74) is 1.18. The number of aromatic carboxylic acids is 1. The zero-order valence-electron chi connectivity index (χ0n) is 10.7. The van der Waals surface area contributed by atoms with Crippen molar-refractivity contribution in [2.45, 2.75) is 6.61 Å². The van der Waals surface area contributed by atoms with Crippen molar-refractivity contribution in [1.82, 2.24) is 0 Å². The van der Waals surface area contributed by atoms with E-state index in [1.54, 1.807) is 42.5 Å². The topological polar surface area (TPSA) is 70.7 Å². The lowest BCUT2D eigenvalue weighted by Gasteiger charge is -1.94. The molecule has 4 nitrogen and oxygen atoms in total. The summed E-state index contributed by atoms with van der Waals surface area (Å²) >= 11 is 0. The van der Waals surface area contributed by atoms with E-state index in [1.807, 2.05) is 18.2 Å². The maximum atomic E-state index is 10.7. The molecule has 0 unspecified atom stereocenters. The molecule has 0 fully saturated rings. The summed E-state index contributed by atoms with van der Waals surface area (Å²) in [6.45, 7) is -0.112. The summed E-state index contributed by atoms with van der Waals surface area (Å²) in [5, 5.41) is 17.6. The van der Waals surface area contributed by atoms with Crippen LogP contribution in [0.4, 0.5) is 0 Å². The second-order valence-electron chi connectivity index (χ2n) is 4.11. The minimum absolute atomic E-state index is 0.112. The van der Waals surface area contributed by atoms with Gasteiger partial charge < -0.3 is 14.6 Å². The molecule has 0 amide bonds. The van der Waals surface area contributed by atoms with E-state index in [0.717, 1.165) is 5.56 Å². The van der Waals surface area contributed by atoms with E-state index in [4.69, 9.17) is 14.6 Å². The second-order valence-corrected chi connectivity index (χ2v) is 4.11. The van der Waals surface area contributed by atoms with E-state index in [0.29, 0.717) is 11.5 Å². The molecule has 0 atom stereocenters. The number of carbonyl (C=O) groups is 1. The number of hydrogen-bond acceptors (Lipinski definition) is 3. The van der Waals surface area contributed by atoms with Crippen LogP contribution >= 0.6 is 0 Å². The molecule has 0 saturated heterocycles. The fourth-order valence-corrected chi connectivity index (χ4v) is 1.62. The van der Waals surface area contributed by atoms with Crippen LogP contribution < -0.4 is 0 Å². The first-order valence-corrected chi connectivity index (χ1v) is 6.07. The Balaban J connectivity index is 1.97. The third-order valence-electron chi connectivity index (χ3n) is 2.66. The molecular formula is C16H14O4. The number of carboxylic acid groups (broad SMARTS) is 1. The average molecular weight is 270 g/mol. The van der Waals surface area contributed by atoms with Gasteiger partial charge in [0.05, 0.1) is 5.56 Å². The minimum Gasteiger partial charge on any atom is -0.478 e. The molecule has 0 aliphatic rings. The summed E-state index contributed by atoms with van der Waals surface area (Å²) in [6, 6.07) is 10.1. The van der Waals surface area contributed by atoms with Gasteiger partial charge in [-0.2, -0.15) is 0 Å². The van der Waals surface area contributed by atoms with Gasteiger partial charge in [-0.25, -0.2) is 4.79 Å². The van der Waals surface area contributed by atoms with Crippen molar-refractivity contribution in [3.05, 3.63) is 71.2 Å². The Labute approximate surface area is 116 Å². The molecule has 0 aliphatic carbocycles. The average Bonchev–Trinajstić information content (AvgIpc) is 2.92. The summed E-state index contributed by atoms with van der Waals surface area (Å²) in [4.78, 5) is 10.7. The van der Waals surface area contributed by atoms with Gasteiger partial charge in [0.25, 0.3) is 0 Å².